The molecule has 0 bridgehead atoms. The van der Waals surface area contributed by atoms with Crippen LogP contribution in [0.25, 0.3) is 0 Å². The zero-order chi connectivity index (χ0) is 17.8. The first-order valence-corrected chi connectivity index (χ1v) is 8.51. The number of aryl methyl sites for hydroxylation is 2. The summed E-state index contributed by atoms with van der Waals surface area (Å²) >= 11 is 0. The van der Waals surface area contributed by atoms with Gasteiger partial charge in [-0.1, -0.05) is 0 Å². The van der Waals surface area contributed by atoms with Gasteiger partial charge >= 0.3 is 0 Å². The van der Waals surface area contributed by atoms with Crippen LogP contribution in [0.1, 0.15) is 34.7 Å². The quantitative estimate of drug-likeness (QED) is 0.856. The third-order valence-corrected chi connectivity index (χ3v) is 4.44. The summed E-state index contributed by atoms with van der Waals surface area (Å²) in [6.07, 6.45) is 3.56. The van der Waals surface area contributed by atoms with Gasteiger partial charge in [0, 0.05) is 25.2 Å². The number of aromatic nitrogens is 2. The lowest BCUT2D eigenvalue weighted by molar-refractivity contribution is 0.0631. The Hall–Kier alpha value is -2.50. The Labute approximate surface area is 146 Å². The summed E-state index contributed by atoms with van der Waals surface area (Å²) in [5, 5.41) is 0. The van der Waals surface area contributed by atoms with Crippen LogP contribution in [0.3, 0.4) is 0 Å². The van der Waals surface area contributed by atoms with Crippen molar-refractivity contribution in [2.24, 2.45) is 5.92 Å². The number of nitrogens with zero attached hydrogens (tertiary/aromatic N) is 3. The number of carbonyl (C=O) groups is 1. The van der Waals surface area contributed by atoms with Crippen LogP contribution in [0.4, 0.5) is 4.39 Å². The monoisotopic (exact) mass is 343 g/mol. The molecule has 1 amide bonds. The van der Waals surface area contributed by atoms with Gasteiger partial charge in [-0.2, -0.15) is 0 Å². The molecule has 0 saturated carbocycles. The van der Waals surface area contributed by atoms with E-state index in [4.69, 9.17) is 4.74 Å². The Kier molecular flexibility index (Phi) is 5.26. The second-order valence-corrected chi connectivity index (χ2v) is 6.44. The molecule has 1 aromatic heterocycles. The number of piperidine rings is 1. The molecule has 1 aliphatic rings. The predicted molar refractivity (Wildman–Crippen MR) is 92.0 cm³/mol. The smallest absolute Gasteiger partial charge is 0.257 e. The van der Waals surface area contributed by atoms with Gasteiger partial charge in [-0.3, -0.25) is 4.79 Å². The van der Waals surface area contributed by atoms with Gasteiger partial charge < -0.3 is 9.64 Å². The van der Waals surface area contributed by atoms with Crippen LogP contribution in [0.15, 0.2) is 30.5 Å². The van der Waals surface area contributed by atoms with Crippen LogP contribution < -0.4 is 4.74 Å². The van der Waals surface area contributed by atoms with Crippen LogP contribution in [0.5, 0.6) is 5.75 Å². The van der Waals surface area contributed by atoms with E-state index in [1.54, 1.807) is 18.3 Å². The van der Waals surface area contributed by atoms with Crippen molar-refractivity contribution in [2.75, 3.05) is 19.7 Å². The summed E-state index contributed by atoms with van der Waals surface area (Å²) in [6, 6.07) is 6.00. The highest BCUT2D eigenvalue weighted by molar-refractivity contribution is 5.95. The third kappa shape index (κ3) is 4.32. The van der Waals surface area contributed by atoms with Crippen molar-refractivity contribution < 1.29 is 13.9 Å². The maximum atomic E-state index is 12.9. The summed E-state index contributed by atoms with van der Waals surface area (Å²) in [5.74, 6) is 1.27. The number of ether oxygens (including phenoxy) is 1. The summed E-state index contributed by atoms with van der Waals surface area (Å²) in [4.78, 5) is 23.0. The van der Waals surface area contributed by atoms with Crippen LogP contribution in [-0.2, 0) is 0 Å². The second-order valence-electron chi connectivity index (χ2n) is 6.44. The average molecular weight is 343 g/mol. The molecule has 0 spiro atoms. The van der Waals surface area contributed by atoms with Crippen LogP contribution >= 0.6 is 0 Å². The number of amides is 1. The normalized spacial score (nSPS) is 17.4. The van der Waals surface area contributed by atoms with Gasteiger partial charge in [-0.05, 0) is 51.0 Å². The predicted octanol–water partition coefficient (Wildman–Crippen LogP) is 3.16. The lowest BCUT2D eigenvalue weighted by Crippen LogP contribution is -2.42. The largest absolute Gasteiger partial charge is 0.493 e. The standard InChI is InChI=1S/C19H22FN3O2/c1-13-18(10-21-14(2)22-13)19(24)23-9-3-4-15(11-23)12-25-17-7-5-16(20)6-8-17/h5-8,10,15H,3-4,9,11-12H2,1-2H3. The Morgan fingerprint density at radius 1 is 1.32 bits per heavy atom. The molecule has 1 unspecified atom stereocenters. The van der Waals surface area contributed by atoms with E-state index in [1.807, 2.05) is 18.7 Å². The average Bonchev–Trinajstić information content (AvgIpc) is 2.61. The third-order valence-electron chi connectivity index (χ3n) is 4.44. The van der Waals surface area contributed by atoms with Gasteiger partial charge in [0.1, 0.15) is 17.4 Å². The van der Waals surface area contributed by atoms with E-state index >= 15 is 0 Å². The van der Waals surface area contributed by atoms with Crippen LogP contribution in [0.2, 0.25) is 0 Å². The van der Waals surface area contributed by atoms with Gasteiger partial charge in [-0.15, -0.1) is 0 Å². The van der Waals surface area contributed by atoms with E-state index in [0.717, 1.165) is 19.4 Å². The van der Waals surface area contributed by atoms with Gasteiger partial charge in [-0.25, -0.2) is 14.4 Å². The van der Waals surface area contributed by atoms with E-state index in [-0.39, 0.29) is 17.6 Å². The van der Waals surface area contributed by atoms with Gasteiger partial charge in [0.05, 0.1) is 17.9 Å². The fourth-order valence-electron chi connectivity index (χ4n) is 3.09. The van der Waals surface area contributed by atoms with E-state index in [1.165, 1.54) is 12.1 Å². The van der Waals surface area contributed by atoms with Crippen molar-refractivity contribution in [3.63, 3.8) is 0 Å². The van der Waals surface area contributed by atoms with Crippen molar-refractivity contribution in [3.05, 3.63) is 53.4 Å². The molecular weight excluding hydrogens is 321 g/mol. The van der Waals surface area contributed by atoms with Crippen molar-refractivity contribution in [1.29, 1.82) is 0 Å². The fraction of sp³-hybridized carbons (Fsp3) is 0.421. The minimum Gasteiger partial charge on any atom is -0.493 e. The van der Waals surface area contributed by atoms with Gasteiger partial charge in [0.25, 0.3) is 5.91 Å². The van der Waals surface area contributed by atoms with E-state index < -0.39 is 0 Å². The maximum absolute atomic E-state index is 12.9. The SMILES string of the molecule is Cc1ncc(C(=O)N2CCCC(COc3ccc(F)cc3)C2)c(C)n1. The molecule has 2 aromatic rings. The maximum Gasteiger partial charge on any atom is 0.257 e. The van der Waals surface area contributed by atoms with Crippen molar-refractivity contribution >= 4 is 5.91 Å². The summed E-state index contributed by atoms with van der Waals surface area (Å²) in [6.45, 7) is 5.54. The summed E-state index contributed by atoms with van der Waals surface area (Å²) in [7, 11) is 0. The number of hydrogen-bond acceptors (Lipinski definition) is 4. The van der Waals surface area contributed by atoms with Crippen LogP contribution in [0, 0.1) is 25.6 Å². The topological polar surface area (TPSA) is 55.3 Å². The number of likely N-dealkylation sites (tertiary alicyclic amines) is 1. The second kappa shape index (κ2) is 7.59. The van der Waals surface area contributed by atoms with Gasteiger partial charge in [0.2, 0.25) is 0 Å². The molecule has 25 heavy (non-hydrogen) atoms. The molecule has 132 valence electrons. The minimum absolute atomic E-state index is 0.0241. The van der Waals surface area contributed by atoms with Crippen molar-refractivity contribution in [1.82, 2.24) is 14.9 Å². The minimum atomic E-state index is -0.280. The molecule has 1 fully saturated rings. The van der Waals surface area contributed by atoms with Crippen LogP contribution in [-0.4, -0.2) is 40.5 Å². The van der Waals surface area contributed by atoms with Crippen molar-refractivity contribution in [3.8, 4) is 5.75 Å². The molecule has 1 saturated heterocycles. The lowest BCUT2D eigenvalue weighted by atomic mass is 9.98. The Balaban J connectivity index is 1.60. The highest BCUT2D eigenvalue weighted by Gasteiger charge is 2.26. The Morgan fingerprint density at radius 3 is 2.80 bits per heavy atom. The molecule has 1 aromatic carbocycles. The first kappa shape index (κ1) is 17.3. The Bertz CT molecular complexity index is 749. The zero-order valence-corrected chi connectivity index (χ0v) is 14.5. The van der Waals surface area contributed by atoms with E-state index in [2.05, 4.69) is 9.97 Å². The summed E-state index contributed by atoms with van der Waals surface area (Å²) in [5.41, 5.74) is 1.27. The lowest BCUT2D eigenvalue weighted by Gasteiger charge is -2.32. The number of halogens is 1. The molecule has 2 heterocycles. The molecule has 0 radical (unpaired) electrons. The molecular formula is C19H22FN3O2. The molecule has 5 nitrogen and oxygen atoms in total. The number of carbonyl (C=O) groups excluding carboxylic acids is 1. The first-order valence-electron chi connectivity index (χ1n) is 8.51. The molecule has 6 heteroatoms. The number of rotatable bonds is 4. The van der Waals surface area contributed by atoms with E-state index in [9.17, 15) is 9.18 Å². The zero-order valence-electron chi connectivity index (χ0n) is 14.5. The molecule has 1 atom stereocenters. The highest BCUT2D eigenvalue weighted by Crippen LogP contribution is 2.21. The fourth-order valence-corrected chi connectivity index (χ4v) is 3.09. The van der Waals surface area contributed by atoms with Crippen molar-refractivity contribution in [2.45, 2.75) is 26.7 Å². The summed E-state index contributed by atoms with van der Waals surface area (Å²) < 4.78 is 18.7. The molecule has 3 rings (SSSR count). The molecule has 0 N–H and O–H groups in total. The number of benzene rings is 1. The first-order chi connectivity index (χ1) is 12.0. The van der Waals surface area contributed by atoms with E-state index in [0.29, 0.717) is 36.0 Å². The Morgan fingerprint density at radius 2 is 2.08 bits per heavy atom. The molecule has 0 aliphatic carbocycles. The van der Waals surface area contributed by atoms with Gasteiger partial charge in [0.15, 0.2) is 0 Å². The highest BCUT2D eigenvalue weighted by atomic mass is 19.1. The number of hydrogen-bond donors (Lipinski definition) is 0. The molecule has 1 aliphatic heterocycles.